The van der Waals surface area contributed by atoms with Gasteiger partial charge < -0.3 is 11.1 Å². The number of aromatic nitrogens is 2. The molecule has 1 heterocycles. The lowest BCUT2D eigenvalue weighted by atomic mass is 10.1. The van der Waals surface area contributed by atoms with E-state index in [0.717, 1.165) is 0 Å². The quantitative estimate of drug-likeness (QED) is 0.802. The summed E-state index contributed by atoms with van der Waals surface area (Å²) in [6.45, 7) is 0.584. The summed E-state index contributed by atoms with van der Waals surface area (Å²) in [5, 5.41) is 10.5. The predicted octanol–water partition coefficient (Wildman–Crippen LogP) is 0.717. The molecule has 1 amide bonds. The van der Waals surface area contributed by atoms with E-state index >= 15 is 0 Å². The van der Waals surface area contributed by atoms with E-state index in [4.69, 9.17) is 5.73 Å². The van der Waals surface area contributed by atoms with Crippen molar-refractivity contribution >= 4 is 5.91 Å². The molecule has 0 aliphatic carbocycles. The topological polar surface area (TPSA) is 80.9 Å². The Morgan fingerprint density at radius 2 is 2.10 bits per heavy atom. The average molecular weight is 266 g/mol. The van der Waals surface area contributed by atoms with Gasteiger partial charge in [-0.05, 0) is 24.3 Å². The number of rotatable bonds is 3. The Morgan fingerprint density at radius 1 is 1.25 bits per heavy atom. The van der Waals surface area contributed by atoms with Crippen LogP contribution in [-0.4, -0.2) is 22.6 Å². The lowest BCUT2D eigenvalue weighted by Gasteiger charge is -2.06. The predicted molar refractivity (Wildman–Crippen MR) is 75.6 cm³/mol. The van der Waals surface area contributed by atoms with E-state index in [9.17, 15) is 4.79 Å². The number of benzene rings is 1. The maximum Gasteiger partial charge on any atom is 0.252 e. The summed E-state index contributed by atoms with van der Waals surface area (Å²) >= 11 is 0. The normalized spacial score (nSPS) is 9.45. The monoisotopic (exact) mass is 266 g/mol. The average Bonchev–Trinajstić information content (AvgIpc) is 2.52. The van der Waals surface area contributed by atoms with Crippen LogP contribution in [0, 0.1) is 11.8 Å². The molecule has 0 saturated carbocycles. The van der Waals surface area contributed by atoms with E-state index < -0.39 is 0 Å². The highest BCUT2D eigenvalue weighted by atomic mass is 16.1. The minimum atomic E-state index is -0.197. The second-order valence-corrected chi connectivity index (χ2v) is 3.95. The van der Waals surface area contributed by atoms with Gasteiger partial charge in [-0.3, -0.25) is 4.79 Å². The first-order chi connectivity index (χ1) is 9.81. The molecule has 0 aliphatic rings. The maximum atomic E-state index is 12.1. The number of nitrogens with zero attached hydrogens (tertiary/aromatic N) is 2. The van der Waals surface area contributed by atoms with E-state index in [0.29, 0.717) is 23.4 Å². The lowest BCUT2D eigenvalue weighted by molar-refractivity contribution is 0.0950. The second-order valence-electron chi connectivity index (χ2n) is 3.95. The van der Waals surface area contributed by atoms with Gasteiger partial charge in [-0.2, -0.15) is 10.2 Å². The van der Waals surface area contributed by atoms with E-state index in [2.05, 4.69) is 27.4 Å². The van der Waals surface area contributed by atoms with Crippen molar-refractivity contribution in [3.05, 3.63) is 59.4 Å². The van der Waals surface area contributed by atoms with Crippen molar-refractivity contribution in [2.75, 3.05) is 6.54 Å². The zero-order valence-electron chi connectivity index (χ0n) is 10.8. The maximum absolute atomic E-state index is 12.1. The lowest BCUT2D eigenvalue weighted by Crippen LogP contribution is -2.24. The second kappa shape index (κ2) is 7.02. The van der Waals surface area contributed by atoms with Crippen LogP contribution < -0.4 is 11.1 Å². The Bertz CT molecular complexity index is 644. The van der Waals surface area contributed by atoms with Gasteiger partial charge in [0.05, 0.1) is 24.3 Å². The fraction of sp³-hybridized carbons (Fsp3) is 0.133. The Balaban J connectivity index is 2.09. The molecule has 0 saturated heterocycles. The van der Waals surface area contributed by atoms with Crippen LogP contribution in [-0.2, 0) is 6.54 Å². The molecule has 0 bridgehead atoms. The third-order valence-electron chi connectivity index (χ3n) is 2.55. The van der Waals surface area contributed by atoms with Gasteiger partial charge in [0.15, 0.2) is 0 Å². The first kappa shape index (κ1) is 13.7. The summed E-state index contributed by atoms with van der Waals surface area (Å²) in [5.74, 6) is 5.44. The van der Waals surface area contributed by atoms with Crippen LogP contribution in [0.15, 0.2) is 42.6 Å². The van der Waals surface area contributed by atoms with Gasteiger partial charge in [0.2, 0.25) is 0 Å². The fourth-order valence-corrected chi connectivity index (χ4v) is 1.63. The number of amides is 1. The van der Waals surface area contributed by atoms with E-state index in [1.165, 1.54) is 0 Å². The molecule has 0 atom stereocenters. The molecule has 5 nitrogen and oxygen atoms in total. The zero-order valence-corrected chi connectivity index (χ0v) is 10.8. The third-order valence-corrected chi connectivity index (χ3v) is 2.55. The van der Waals surface area contributed by atoms with Crippen LogP contribution in [0.2, 0.25) is 0 Å². The minimum Gasteiger partial charge on any atom is -0.346 e. The van der Waals surface area contributed by atoms with Crippen LogP contribution in [0.5, 0.6) is 0 Å². The molecule has 0 aliphatic heterocycles. The molecule has 20 heavy (non-hydrogen) atoms. The molecule has 1 aromatic heterocycles. The van der Waals surface area contributed by atoms with Crippen molar-refractivity contribution in [2.45, 2.75) is 6.54 Å². The molecule has 0 spiro atoms. The standard InChI is InChI=1S/C15H14N4O/c16-9-3-6-12-5-1-2-8-14(12)15(20)17-11-13-7-4-10-18-19-13/h1-2,4-5,7-8,10H,9,11,16H2,(H,17,20). The van der Waals surface area contributed by atoms with Gasteiger partial charge in [-0.1, -0.05) is 24.0 Å². The summed E-state index contributed by atoms with van der Waals surface area (Å²) in [6, 6.07) is 10.7. The van der Waals surface area contributed by atoms with Crippen molar-refractivity contribution in [3.63, 3.8) is 0 Å². The first-order valence-electron chi connectivity index (χ1n) is 6.14. The van der Waals surface area contributed by atoms with Crippen LogP contribution in [0.25, 0.3) is 0 Å². The van der Waals surface area contributed by atoms with Gasteiger partial charge in [-0.25, -0.2) is 0 Å². The van der Waals surface area contributed by atoms with Crippen LogP contribution in [0.3, 0.4) is 0 Å². The van der Waals surface area contributed by atoms with Crippen molar-refractivity contribution in [1.29, 1.82) is 0 Å². The fourth-order valence-electron chi connectivity index (χ4n) is 1.63. The Labute approximate surface area is 117 Å². The molecule has 100 valence electrons. The van der Waals surface area contributed by atoms with Gasteiger partial charge in [0, 0.05) is 11.8 Å². The van der Waals surface area contributed by atoms with Gasteiger partial charge in [-0.15, -0.1) is 0 Å². The highest BCUT2D eigenvalue weighted by Crippen LogP contribution is 2.07. The number of nitrogens with two attached hydrogens (primary N) is 1. The number of hydrogen-bond donors (Lipinski definition) is 2. The van der Waals surface area contributed by atoms with Gasteiger partial charge in [0.25, 0.3) is 5.91 Å². The Hall–Kier alpha value is -2.71. The summed E-state index contributed by atoms with van der Waals surface area (Å²) < 4.78 is 0. The van der Waals surface area contributed by atoms with E-state index in [1.54, 1.807) is 36.5 Å². The number of carbonyl (C=O) groups is 1. The largest absolute Gasteiger partial charge is 0.346 e. The van der Waals surface area contributed by atoms with Crippen molar-refractivity contribution < 1.29 is 4.79 Å². The SMILES string of the molecule is NCC#Cc1ccccc1C(=O)NCc1cccnn1. The molecule has 2 rings (SSSR count). The Morgan fingerprint density at radius 3 is 2.85 bits per heavy atom. The first-order valence-corrected chi connectivity index (χ1v) is 6.14. The molecular formula is C15H14N4O. The number of nitrogens with one attached hydrogen (secondary N) is 1. The van der Waals surface area contributed by atoms with E-state index in [1.807, 2.05) is 6.07 Å². The molecule has 5 heteroatoms. The Kier molecular flexibility index (Phi) is 4.81. The van der Waals surface area contributed by atoms with Crippen LogP contribution in [0.1, 0.15) is 21.6 Å². The van der Waals surface area contributed by atoms with Crippen LogP contribution in [0.4, 0.5) is 0 Å². The van der Waals surface area contributed by atoms with Crippen molar-refractivity contribution in [2.24, 2.45) is 5.73 Å². The van der Waals surface area contributed by atoms with Gasteiger partial charge in [0.1, 0.15) is 0 Å². The van der Waals surface area contributed by atoms with Gasteiger partial charge >= 0.3 is 0 Å². The molecule has 2 aromatic rings. The smallest absolute Gasteiger partial charge is 0.252 e. The highest BCUT2D eigenvalue weighted by molar-refractivity contribution is 5.96. The van der Waals surface area contributed by atoms with Crippen molar-refractivity contribution in [1.82, 2.24) is 15.5 Å². The summed E-state index contributed by atoms with van der Waals surface area (Å²) in [4.78, 5) is 12.1. The van der Waals surface area contributed by atoms with E-state index in [-0.39, 0.29) is 12.5 Å². The molecule has 3 N–H and O–H groups in total. The third kappa shape index (κ3) is 3.64. The van der Waals surface area contributed by atoms with Crippen LogP contribution >= 0.6 is 0 Å². The molecule has 0 unspecified atom stereocenters. The molecule has 1 aromatic carbocycles. The number of carbonyl (C=O) groups excluding carboxylic acids is 1. The minimum absolute atomic E-state index is 0.197. The summed E-state index contributed by atoms with van der Waals surface area (Å²) in [5.41, 5.74) is 7.24. The molecule has 0 fully saturated rings. The molecular weight excluding hydrogens is 252 g/mol. The summed E-state index contributed by atoms with van der Waals surface area (Å²) in [7, 11) is 0. The summed E-state index contributed by atoms with van der Waals surface area (Å²) in [6.07, 6.45) is 1.59. The molecule has 0 radical (unpaired) electrons. The number of hydrogen-bond acceptors (Lipinski definition) is 4. The highest BCUT2D eigenvalue weighted by Gasteiger charge is 2.09. The van der Waals surface area contributed by atoms with Crippen molar-refractivity contribution in [3.8, 4) is 11.8 Å². The zero-order chi connectivity index (χ0) is 14.2.